The molecule has 0 amide bonds. The summed E-state index contributed by atoms with van der Waals surface area (Å²) in [4.78, 5) is 0. The monoisotopic (exact) mass is 279 g/mol. The van der Waals surface area contributed by atoms with Crippen molar-refractivity contribution in [3.05, 3.63) is 59.7 Å². The third-order valence-electron chi connectivity index (χ3n) is 3.94. The molecule has 0 saturated carbocycles. The predicted molar refractivity (Wildman–Crippen MR) is 86.5 cm³/mol. The van der Waals surface area contributed by atoms with Gasteiger partial charge in [-0.25, -0.2) is 4.68 Å². The van der Waals surface area contributed by atoms with Crippen molar-refractivity contribution < 1.29 is 0 Å². The van der Waals surface area contributed by atoms with E-state index >= 15 is 0 Å². The van der Waals surface area contributed by atoms with Gasteiger partial charge in [-0.3, -0.25) is 0 Å². The van der Waals surface area contributed by atoms with Crippen molar-refractivity contribution in [1.29, 1.82) is 0 Å². The Morgan fingerprint density at radius 3 is 2.62 bits per heavy atom. The molecule has 0 N–H and O–H groups in total. The Hall–Kier alpha value is -2.16. The SMILES string of the molecule is CC(C)c1cccc(CC(C)n2nnc3ccccc32)c1. The van der Waals surface area contributed by atoms with E-state index in [1.807, 2.05) is 22.9 Å². The third kappa shape index (κ3) is 2.82. The van der Waals surface area contributed by atoms with Gasteiger partial charge in [0.15, 0.2) is 0 Å². The van der Waals surface area contributed by atoms with E-state index in [-0.39, 0.29) is 0 Å². The molecular weight excluding hydrogens is 258 g/mol. The molecule has 1 atom stereocenters. The molecule has 0 fully saturated rings. The van der Waals surface area contributed by atoms with Crippen LogP contribution in [-0.2, 0) is 6.42 Å². The van der Waals surface area contributed by atoms with Crippen LogP contribution in [0.4, 0.5) is 0 Å². The molecule has 0 saturated heterocycles. The summed E-state index contributed by atoms with van der Waals surface area (Å²) in [5, 5.41) is 8.56. The first-order valence-corrected chi connectivity index (χ1v) is 7.54. The number of nitrogens with zero attached hydrogens (tertiary/aromatic N) is 3. The average molecular weight is 279 g/mol. The molecule has 3 heteroatoms. The van der Waals surface area contributed by atoms with E-state index in [1.165, 1.54) is 11.1 Å². The molecule has 108 valence electrons. The fourth-order valence-electron chi connectivity index (χ4n) is 2.72. The molecule has 1 unspecified atom stereocenters. The van der Waals surface area contributed by atoms with E-state index in [2.05, 4.69) is 61.4 Å². The summed E-state index contributed by atoms with van der Waals surface area (Å²) >= 11 is 0. The molecule has 2 aromatic carbocycles. The summed E-state index contributed by atoms with van der Waals surface area (Å²) in [6.45, 7) is 6.66. The van der Waals surface area contributed by atoms with Crippen LogP contribution in [-0.4, -0.2) is 15.0 Å². The van der Waals surface area contributed by atoms with Gasteiger partial charge in [-0.1, -0.05) is 55.5 Å². The second-order valence-electron chi connectivity index (χ2n) is 5.98. The minimum atomic E-state index is 0.291. The van der Waals surface area contributed by atoms with Gasteiger partial charge in [0, 0.05) is 0 Å². The topological polar surface area (TPSA) is 30.7 Å². The number of hydrogen-bond acceptors (Lipinski definition) is 2. The molecule has 3 nitrogen and oxygen atoms in total. The van der Waals surface area contributed by atoms with Crippen molar-refractivity contribution in [2.24, 2.45) is 0 Å². The van der Waals surface area contributed by atoms with Gasteiger partial charge in [-0.15, -0.1) is 5.10 Å². The van der Waals surface area contributed by atoms with Gasteiger partial charge in [0.1, 0.15) is 5.52 Å². The fourth-order valence-corrected chi connectivity index (χ4v) is 2.72. The fraction of sp³-hybridized carbons (Fsp3) is 0.333. The normalized spacial score (nSPS) is 13.0. The Balaban J connectivity index is 1.86. The molecule has 1 aromatic heterocycles. The van der Waals surface area contributed by atoms with Crippen molar-refractivity contribution >= 4 is 11.0 Å². The van der Waals surface area contributed by atoms with Gasteiger partial charge in [0.05, 0.1) is 11.6 Å². The first-order chi connectivity index (χ1) is 10.1. The number of aromatic nitrogens is 3. The lowest BCUT2D eigenvalue weighted by Gasteiger charge is -2.14. The quantitative estimate of drug-likeness (QED) is 0.710. The van der Waals surface area contributed by atoms with Gasteiger partial charge >= 0.3 is 0 Å². The van der Waals surface area contributed by atoms with Gasteiger partial charge in [0.2, 0.25) is 0 Å². The highest BCUT2D eigenvalue weighted by molar-refractivity contribution is 5.73. The van der Waals surface area contributed by atoms with Crippen LogP contribution < -0.4 is 0 Å². The largest absolute Gasteiger partial charge is 0.242 e. The summed E-state index contributed by atoms with van der Waals surface area (Å²) in [5.74, 6) is 0.562. The van der Waals surface area contributed by atoms with Crippen molar-refractivity contribution in [1.82, 2.24) is 15.0 Å². The van der Waals surface area contributed by atoms with Crippen LogP contribution in [0.2, 0.25) is 0 Å². The van der Waals surface area contributed by atoms with Crippen LogP contribution >= 0.6 is 0 Å². The Morgan fingerprint density at radius 1 is 1.00 bits per heavy atom. The van der Waals surface area contributed by atoms with Gasteiger partial charge in [-0.05, 0) is 42.5 Å². The number of hydrogen-bond donors (Lipinski definition) is 0. The number of fused-ring (bicyclic) bond motifs is 1. The van der Waals surface area contributed by atoms with E-state index in [4.69, 9.17) is 0 Å². The summed E-state index contributed by atoms with van der Waals surface area (Å²) in [7, 11) is 0. The molecular formula is C18H21N3. The lowest BCUT2D eigenvalue weighted by molar-refractivity contribution is 0.488. The molecule has 0 radical (unpaired) electrons. The first-order valence-electron chi connectivity index (χ1n) is 7.54. The molecule has 1 heterocycles. The summed E-state index contributed by atoms with van der Waals surface area (Å²) < 4.78 is 2.03. The highest BCUT2D eigenvalue weighted by Crippen LogP contribution is 2.21. The van der Waals surface area contributed by atoms with Crippen LogP contribution in [0.25, 0.3) is 11.0 Å². The van der Waals surface area contributed by atoms with Gasteiger partial charge in [0.25, 0.3) is 0 Å². The van der Waals surface area contributed by atoms with E-state index in [0.29, 0.717) is 12.0 Å². The van der Waals surface area contributed by atoms with E-state index in [9.17, 15) is 0 Å². The Kier molecular flexibility index (Phi) is 3.74. The van der Waals surface area contributed by atoms with Crippen molar-refractivity contribution in [2.75, 3.05) is 0 Å². The standard InChI is InChI=1S/C18H21N3/c1-13(2)16-8-6-7-15(12-16)11-14(3)21-18-10-5-4-9-17(18)19-20-21/h4-10,12-14H,11H2,1-3H3. The number of rotatable bonds is 4. The van der Waals surface area contributed by atoms with Crippen molar-refractivity contribution in [3.63, 3.8) is 0 Å². The zero-order valence-electron chi connectivity index (χ0n) is 12.8. The number of para-hydroxylation sites is 1. The van der Waals surface area contributed by atoms with E-state index in [0.717, 1.165) is 17.5 Å². The Labute approximate surface area is 125 Å². The predicted octanol–water partition coefficient (Wildman–Crippen LogP) is 4.36. The number of benzene rings is 2. The second-order valence-corrected chi connectivity index (χ2v) is 5.98. The molecule has 0 aliphatic heterocycles. The molecule has 3 aromatic rings. The molecule has 0 aliphatic carbocycles. The van der Waals surface area contributed by atoms with Crippen LogP contribution in [0.1, 0.15) is 43.9 Å². The molecule has 3 rings (SSSR count). The Morgan fingerprint density at radius 2 is 1.81 bits per heavy atom. The second kappa shape index (κ2) is 5.68. The summed E-state index contributed by atoms with van der Waals surface area (Å²) in [6.07, 6.45) is 0.966. The smallest absolute Gasteiger partial charge is 0.113 e. The van der Waals surface area contributed by atoms with Crippen molar-refractivity contribution in [2.45, 2.75) is 39.2 Å². The maximum atomic E-state index is 4.32. The van der Waals surface area contributed by atoms with Crippen LogP contribution in [0.3, 0.4) is 0 Å². The lowest BCUT2D eigenvalue weighted by Crippen LogP contribution is -2.10. The highest BCUT2D eigenvalue weighted by Gasteiger charge is 2.12. The summed E-state index contributed by atoms with van der Waals surface area (Å²) in [5.41, 5.74) is 4.81. The lowest BCUT2D eigenvalue weighted by atomic mass is 9.98. The van der Waals surface area contributed by atoms with Gasteiger partial charge in [-0.2, -0.15) is 0 Å². The maximum Gasteiger partial charge on any atom is 0.113 e. The van der Waals surface area contributed by atoms with Crippen LogP contribution in [0.5, 0.6) is 0 Å². The Bertz CT molecular complexity index is 743. The zero-order valence-corrected chi connectivity index (χ0v) is 12.8. The molecule has 0 bridgehead atoms. The summed E-state index contributed by atoms with van der Waals surface area (Å²) in [6, 6.07) is 17.3. The van der Waals surface area contributed by atoms with Crippen LogP contribution in [0.15, 0.2) is 48.5 Å². The van der Waals surface area contributed by atoms with E-state index in [1.54, 1.807) is 0 Å². The molecule has 21 heavy (non-hydrogen) atoms. The minimum Gasteiger partial charge on any atom is -0.242 e. The van der Waals surface area contributed by atoms with Crippen LogP contribution in [0, 0.1) is 0 Å². The maximum absolute atomic E-state index is 4.32. The molecule has 0 aliphatic rings. The average Bonchev–Trinajstić information content (AvgIpc) is 2.91. The van der Waals surface area contributed by atoms with Gasteiger partial charge < -0.3 is 0 Å². The zero-order chi connectivity index (χ0) is 14.8. The highest BCUT2D eigenvalue weighted by atomic mass is 15.4. The minimum absolute atomic E-state index is 0.291. The van der Waals surface area contributed by atoms with E-state index < -0.39 is 0 Å². The van der Waals surface area contributed by atoms with Crippen molar-refractivity contribution in [3.8, 4) is 0 Å². The molecule has 0 spiro atoms. The first kappa shape index (κ1) is 13.8. The third-order valence-corrected chi connectivity index (χ3v) is 3.94.